The molecular weight excluding hydrogens is 331 g/mol. The van der Waals surface area contributed by atoms with E-state index in [1.165, 1.54) is 12.1 Å². The van der Waals surface area contributed by atoms with Crippen molar-refractivity contribution in [1.82, 2.24) is 10.2 Å². The normalized spacial score (nSPS) is 10.3. The Balaban J connectivity index is 1.65. The molecule has 1 N–H and O–H groups in total. The van der Waals surface area contributed by atoms with Crippen molar-refractivity contribution in [3.8, 4) is 5.75 Å². The lowest BCUT2D eigenvalue weighted by molar-refractivity contribution is 0.195. The minimum absolute atomic E-state index is 0.174. The van der Waals surface area contributed by atoms with Gasteiger partial charge in [0.2, 0.25) is 0 Å². The fraction of sp³-hybridized carbons (Fsp3) is 0.278. The number of urea groups is 1. The van der Waals surface area contributed by atoms with Crippen LogP contribution in [0.15, 0.2) is 48.5 Å². The van der Waals surface area contributed by atoms with Crippen LogP contribution >= 0.6 is 11.6 Å². The van der Waals surface area contributed by atoms with Gasteiger partial charge in [0.25, 0.3) is 0 Å². The number of nitrogens with zero attached hydrogens (tertiary/aromatic N) is 1. The Morgan fingerprint density at radius 1 is 1.25 bits per heavy atom. The van der Waals surface area contributed by atoms with Gasteiger partial charge in [-0.05, 0) is 42.3 Å². The number of hydrogen-bond acceptors (Lipinski definition) is 2. The minimum Gasteiger partial charge on any atom is -0.492 e. The van der Waals surface area contributed by atoms with Crippen LogP contribution in [0, 0.1) is 5.82 Å². The highest BCUT2D eigenvalue weighted by atomic mass is 35.5. The molecule has 0 unspecified atom stereocenters. The van der Waals surface area contributed by atoms with Gasteiger partial charge in [-0.1, -0.05) is 29.8 Å². The highest BCUT2D eigenvalue weighted by molar-refractivity contribution is 6.30. The lowest BCUT2D eigenvalue weighted by Crippen LogP contribution is -2.40. The summed E-state index contributed by atoms with van der Waals surface area (Å²) in [4.78, 5) is 13.5. The van der Waals surface area contributed by atoms with E-state index in [4.69, 9.17) is 16.3 Å². The average molecular weight is 351 g/mol. The summed E-state index contributed by atoms with van der Waals surface area (Å²) in [6.45, 7) is 1.32. The number of nitrogens with one attached hydrogen (secondary N) is 1. The summed E-state index contributed by atoms with van der Waals surface area (Å²) < 4.78 is 18.4. The Hall–Kier alpha value is -2.27. The molecule has 0 radical (unpaired) electrons. The Bertz CT molecular complexity index is 664. The SMILES string of the molecule is CN(CCOc1cccc(Cl)c1)C(=O)NCCc1ccc(F)cc1. The molecule has 128 valence electrons. The van der Waals surface area contributed by atoms with Crippen molar-refractivity contribution in [2.75, 3.05) is 26.7 Å². The Morgan fingerprint density at radius 3 is 2.71 bits per heavy atom. The molecule has 0 saturated heterocycles. The predicted molar refractivity (Wildman–Crippen MR) is 93.1 cm³/mol. The third-order valence-corrected chi connectivity index (χ3v) is 3.68. The molecule has 2 rings (SSSR count). The van der Waals surface area contributed by atoms with Gasteiger partial charge in [0.05, 0.1) is 6.54 Å². The molecule has 0 saturated carbocycles. The van der Waals surface area contributed by atoms with Crippen molar-refractivity contribution in [2.24, 2.45) is 0 Å². The molecule has 0 aliphatic heterocycles. The summed E-state index contributed by atoms with van der Waals surface area (Å²) in [5.74, 6) is 0.412. The molecular formula is C18H20ClFN2O2. The third-order valence-electron chi connectivity index (χ3n) is 3.44. The number of carbonyl (C=O) groups is 1. The number of benzene rings is 2. The lowest BCUT2D eigenvalue weighted by Gasteiger charge is -2.18. The molecule has 24 heavy (non-hydrogen) atoms. The summed E-state index contributed by atoms with van der Waals surface area (Å²) in [6.07, 6.45) is 0.652. The molecule has 6 heteroatoms. The monoisotopic (exact) mass is 350 g/mol. The van der Waals surface area contributed by atoms with Crippen LogP contribution in [-0.4, -0.2) is 37.7 Å². The van der Waals surface area contributed by atoms with E-state index in [0.29, 0.717) is 36.9 Å². The van der Waals surface area contributed by atoms with Gasteiger partial charge < -0.3 is 15.0 Å². The number of hydrogen-bond donors (Lipinski definition) is 1. The van der Waals surface area contributed by atoms with Crippen LogP contribution < -0.4 is 10.1 Å². The second-order valence-corrected chi connectivity index (χ2v) is 5.77. The topological polar surface area (TPSA) is 41.6 Å². The number of amides is 2. The number of carbonyl (C=O) groups excluding carboxylic acids is 1. The molecule has 0 bridgehead atoms. The molecule has 0 aliphatic rings. The van der Waals surface area contributed by atoms with Crippen LogP contribution in [0.2, 0.25) is 5.02 Å². The van der Waals surface area contributed by atoms with Crippen molar-refractivity contribution < 1.29 is 13.9 Å². The van der Waals surface area contributed by atoms with Gasteiger partial charge in [0.1, 0.15) is 18.2 Å². The van der Waals surface area contributed by atoms with Crippen molar-refractivity contribution in [1.29, 1.82) is 0 Å². The zero-order valence-electron chi connectivity index (χ0n) is 13.5. The average Bonchev–Trinajstić information content (AvgIpc) is 2.56. The highest BCUT2D eigenvalue weighted by Gasteiger charge is 2.07. The van der Waals surface area contributed by atoms with E-state index in [-0.39, 0.29) is 11.8 Å². The van der Waals surface area contributed by atoms with Gasteiger partial charge in [-0.2, -0.15) is 0 Å². The fourth-order valence-corrected chi connectivity index (χ4v) is 2.24. The van der Waals surface area contributed by atoms with E-state index < -0.39 is 0 Å². The first kappa shape index (κ1) is 18.1. The molecule has 0 aliphatic carbocycles. The molecule has 2 aromatic carbocycles. The minimum atomic E-state index is -0.262. The van der Waals surface area contributed by atoms with Crippen LogP contribution in [0.25, 0.3) is 0 Å². The van der Waals surface area contributed by atoms with Gasteiger partial charge in [-0.25, -0.2) is 9.18 Å². The molecule has 2 amide bonds. The standard InChI is InChI=1S/C18H20ClFN2O2/c1-22(11-12-24-17-4-2-3-15(19)13-17)18(23)21-10-9-14-5-7-16(20)8-6-14/h2-8,13H,9-12H2,1H3,(H,21,23). The van der Waals surface area contributed by atoms with Crippen molar-refractivity contribution in [3.05, 3.63) is 64.9 Å². The molecule has 4 nitrogen and oxygen atoms in total. The van der Waals surface area contributed by atoms with E-state index in [1.54, 1.807) is 36.2 Å². The van der Waals surface area contributed by atoms with Crippen LogP contribution in [-0.2, 0) is 6.42 Å². The summed E-state index contributed by atoms with van der Waals surface area (Å²) in [5.41, 5.74) is 0.976. The van der Waals surface area contributed by atoms with Gasteiger partial charge in [-0.15, -0.1) is 0 Å². The highest BCUT2D eigenvalue weighted by Crippen LogP contribution is 2.16. The van der Waals surface area contributed by atoms with Crippen LogP contribution in [0.4, 0.5) is 9.18 Å². The summed E-state index contributed by atoms with van der Waals surface area (Å²) >= 11 is 5.88. The summed E-state index contributed by atoms with van der Waals surface area (Å²) in [7, 11) is 1.70. The van der Waals surface area contributed by atoms with E-state index >= 15 is 0 Å². The number of rotatable bonds is 7. The maximum atomic E-state index is 12.8. The molecule has 0 heterocycles. The van der Waals surface area contributed by atoms with Gasteiger partial charge >= 0.3 is 6.03 Å². The van der Waals surface area contributed by atoms with E-state index in [2.05, 4.69) is 5.32 Å². The van der Waals surface area contributed by atoms with Crippen LogP contribution in [0.1, 0.15) is 5.56 Å². The lowest BCUT2D eigenvalue weighted by atomic mass is 10.1. The zero-order chi connectivity index (χ0) is 17.4. The largest absolute Gasteiger partial charge is 0.492 e. The molecule has 0 spiro atoms. The van der Waals surface area contributed by atoms with Crippen molar-refractivity contribution in [3.63, 3.8) is 0 Å². The van der Waals surface area contributed by atoms with Crippen molar-refractivity contribution >= 4 is 17.6 Å². The zero-order valence-corrected chi connectivity index (χ0v) is 14.2. The Labute approximate surface area is 146 Å². The molecule has 0 fully saturated rings. The Kier molecular flexibility index (Phi) is 6.88. The number of ether oxygens (including phenoxy) is 1. The maximum absolute atomic E-state index is 12.8. The predicted octanol–water partition coefficient (Wildman–Crippen LogP) is 3.74. The van der Waals surface area contributed by atoms with Gasteiger partial charge in [-0.3, -0.25) is 0 Å². The summed E-state index contributed by atoms with van der Waals surface area (Å²) in [5, 5.41) is 3.43. The first-order valence-electron chi connectivity index (χ1n) is 7.66. The van der Waals surface area contributed by atoms with Gasteiger partial charge in [0, 0.05) is 18.6 Å². The van der Waals surface area contributed by atoms with E-state index in [0.717, 1.165) is 5.56 Å². The third kappa shape index (κ3) is 6.08. The smallest absolute Gasteiger partial charge is 0.317 e. The number of halogens is 2. The van der Waals surface area contributed by atoms with E-state index in [9.17, 15) is 9.18 Å². The summed E-state index contributed by atoms with van der Waals surface area (Å²) in [6, 6.07) is 13.2. The Morgan fingerprint density at radius 2 is 2.00 bits per heavy atom. The van der Waals surface area contributed by atoms with Crippen molar-refractivity contribution in [2.45, 2.75) is 6.42 Å². The first-order chi connectivity index (χ1) is 11.5. The molecule has 0 aromatic heterocycles. The van der Waals surface area contributed by atoms with Crippen LogP contribution in [0.5, 0.6) is 5.75 Å². The van der Waals surface area contributed by atoms with Gasteiger partial charge in [0.15, 0.2) is 0 Å². The fourth-order valence-electron chi connectivity index (χ4n) is 2.06. The first-order valence-corrected chi connectivity index (χ1v) is 8.04. The van der Waals surface area contributed by atoms with Crippen LogP contribution in [0.3, 0.4) is 0 Å². The van der Waals surface area contributed by atoms with E-state index in [1.807, 2.05) is 12.1 Å². The number of likely N-dealkylation sites (N-methyl/N-ethyl adjacent to an activating group) is 1. The molecule has 0 atom stereocenters. The maximum Gasteiger partial charge on any atom is 0.317 e. The quantitative estimate of drug-likeness (QED) is 0.826. The second-order valence-electron chi connectivity index (χ2n) is 5.34. The second kappa shape index (κ2) is 9.13. The molecule has 2 aromatic rings.